The van der Waals surface area contributed by atoms with Crippen molar-refractivity contribution in [2.75, 3.05) is 6.00 Å². The minimum atomic E-state index is -4.02. The largest absolute Gasteiger partial charge is 0.461 e. The maximum absolute atomic E-state index is 12.7. The summed E-state index contributed by atoms with van der Waals surface area (Å²) in [5.74, 6) is -1.22. The molecule has 0 bridgehead atoms. The Morgan fingerprint density at radius 2 is 1.82 bits per heavy atom. The van der Waals surface area contributed by atoms with Crippen molar-refractivity contribution in [2.45, 2.75) is 37.7 Å². The molecular weight excluding hydrogens is 402 g/mol. The number of sulfonamides is 1. The second-order valence-corrected chi connectivity index (χ2v) is 8.88. The Balaban J connectivity index is 1.89. The van der Waals surface area contributed by atoms with Crippen LogP contribution >= 0.6 is 11.6 Å². The highest BCUT2D eigenvalue weighted by atomic mass is 35.5. The van der Waals surface area contributed by atoms with Gasteiger partial charge < -0.3 is 4.74 Å². The summed E-state index contributed by atoms with van der Waals surface area (Å²) in [5.41, 5.74) is 2.05. The number of hydrogen-bond donors (Lipinski definition) is 0. The summed E-state index contributed by atoms with van der Waals surface area (Å²) in [6.45, 7) is 3.85. The summed E-state index contributed by atoms with van der Waals surface area (Å²) < 4.78 is 31.2. The summed E-state index contributed by atoms with van der Waals surface area (Å²) in [7, 11) is -4.02. The molecule has 1 heterocycles. The fourth-order valence-corrected chi connectivity index (χ4v) is 5.05. The van der Waals surface area contributed by atoms with E-state index in [2.05, 4.69) is 0 Å². The molecule has 0 radical (unpaired) electrons. The lowest BCUT2D eigenvalue weighted by Crippen LogP contribution is -2.28. The number of alkyl halides is 1. The van der Waals surface area contributed by atoms with Crippen molar-refractivity contribution in [2.24, 2.45) is 0 Å². The second-order valence-electron chi connectivity index (χ2n) is 6.81. The number of amides is 1. The van der Waals surface area contributed by atoms with Crippen LogP contribution in [-0.2, 0) is 32.6 Å². The average molecular weight is 422 g/mol. The predicted molar refractivity (Wildman–Crippen MR) is 105 cm³/mol. The molecule has 1 amide bonds. The van der Waals surface area contributed by atoms with Crippen LogP contribution < -0.4 is 0 Å². The minimum absolute atomic E-state index is 0.0928. The van der Waals surface area contributed by atoms with Crippen LogP contribution in [0.4, 0.5) is 0 Å². The van der Waals surface area contributed by atoms with Crippen LogP contribution in [0.1, 0.15) is 46.8 Å². The summed E-state index contributed by atoms with van der Waals surface area (Å²) in [5, 5.41) is 0. The van der Waals surface area contributed by atoms with Gasteiger partial charge in [-0.25, -0.2) is 12.7 Å². The lowest BCUT2D eigenvalue weighted by Gasteiger charge is -2.12. The molecule has 1 aliphatic heterocycles. The number of carbonyl (C=O) groups excluding carboxylic acids is 2. The number of halogens is 1. The van der Waals surface area contributed by atoms with Crippen molar-refractivity contribution in [1.29, 1.82) is 0 Å². The number of esters is 1. The molecule has 0 atom stereocenters. The first-order valence-electron chi connectivity index (χ1n) is 8.75. The first-order valence-corrected chi connectivity index (χ1v) is 10.7. The quantitative estimate of drug-likeness (QED) is 0.405. The van der Waals surface area contributed by atoms with Gasteiger partial charge in [-0.05, 0) is 28.7 Å². The highest BCUT2D eigenvalue weighted by molar-refractivity contribution is 7.90. The minimum Gasteiger partial charge on any atom is -0.461 e. The first kappa shape index (κ1) is 20.4. The third kappa shape index (κ3) is 3.77. The number of benzene rings is 2. The van der Waals surface area contributed by atoms with Gasteiger partial charge in [0.25, 0.3) is 15.9 Å². The molecule has 0 saturated carbocycles. The van der Waals surface area contributed by atoms with E-state index < -0.39 is 27.9 Å². The van der Waals surface area contributed by atoms with Crippen molar-refractivity contribution >= 4 is 33.5 Å². The van der Waals surface area contributed by atoms with Gasteiger partial charge in [0.05, 0.1) is 12.0 Å². The van der Waals surface area contributed by atoms with Crippen LogP contribution in [0.5, 0.6) is 0 Å². The van der Waals surface area contributed by atoms with Gasteiger partial charge in [0.2, 0.25) is 0 Å². The fourth-order valence-electron chi connectivity index (χ4n) is 3.11. The van der Waals surface area contributed by atoms with E-state index in [0.717, 1.165) is 5.56 Å². The number of hydrogen-bond acceptors (Lipinski definition) is 5. The first-order chi connectivity index (χ1) is 13.3. The zero-order chi connectivity index (χ0) is 20.5. The van der Waals surface area contributed by atoms with Crippen molar-refractivity contribution in [3.8, 4) is 0 Å². The van der Waals surface area contributed by atoms with Crippen LogP contribution in [0.2, 0.25) is 0 Å². The van der Waals surface area contributed by atoms with E-state index in [1.54, 1.807) is 6.07 Å². The van der Waals surface area contributed by atoms with Crippen LogP contribution in [0.15, 0.2) is 47.4 Å². The molecule has 8 heteroatoms. The van der Waals surface area contributed by atoms with Gasteiger partial charge in [-0.3, -0.25) is 9.59 Å². The number of ether oxygens (including phenoxy) is 1. The van der Waals surface area contributed by atoms with Crippen LogP contribution in [0.25, 0.3) is 0 Å². The standard InChI is InChI=1S/C20H20ClNO5S/c1-13(2)16-8-15(10-18(23)27-11-14-6-4-3-5-7-14)9-17-19(16)20(24)22(12-21)28(17,25)26/h3-9,13H,10-12H2,1-2H3. The Labute approximate surface area is 169 Å². The molecule has 2 aromatic carbocycles. The van der Waals surface area contributed by atoms with Gasteiger partial charge >= 0.3 is 5.97 Å². The molecule has 0 saturated heterocycles. The Bertz CT molecular complexity index is 1020. The Kier molecular flexibility index (Phi) is 5.76. The van der Waals surface area contributed by atoms with Crippen molar-refractivity contribution in [3.63, 3.8) is 0 Å². The highest BCUT2D eigenvalue weighted by Crippen LogP contribution is 2.37. The molecule has 0 fully saturated rings. The molecule has 28 heavy (non-hydrogen) atoms. The Morgan fingerprint density at radius 3 is 2.43 bits per heavy atom. The van der Waals surface area contributed by atoms with Gasteiger partial charge in [0, 0.05) is 0 Å². The molecule has 0 aliphatic carbocycles. The molecule has 6 nitrogen and oxygen atoms in total. The Morgan fingerprint density at radius 1 is 1.14 bits per heavy atom. The van der Waals surface area contributed by atoms with Gasteiger partial charge in [-0.2, -0.15) is 0 Å². The van der Waals surface area contributed by atoms with Crippen molar-refractivity contribution in [1.82, 2.24) is 4.31 Å². The van der Waals surface area contributed by atoms with E-state index in [4.69, 9.17) is 16.3 Å². The van der Waals surface area contributed by atoms with E-state index in [1.807, 2.05) is 44.2 Å². The normalized spacial score (nSPS) is 15.0. The van der Waals surface area contributed by atoms with E-state index in [0.29, 0.717) is 15.4 Å². The number of nitrogens with zero attached hydrogens (tertiary/aromatic N) is 1. The molecule has 2 aromatic rings. The molecule has 148 valence electrons. The highest BCUT2D eigenvalue weighted by Gasteiger charge is 2.43. The fraction of sp³-hybridized carbons (Fsp3) is 0.300. The molecule has 0 aromatic heterocycles. The molecule has 0 unspecified atom stereocenters. The third-order valence-electron chi connectivity index (χ3n) is 4.52. The zero-order valence-corrected chi connectivity index (χ0v) is 17.1. The van der Waals surface area contributed by atoms with Crippen molar-refractivity contribution in [3.05, 3.63) is 64.7 Å². The van der Waals surface area contributed by atoms with Crippen LogP contribution in [0, 0.1) is 0 Å². The monoisotopic (exact) mass is 421 g/mol. The summed E-state index contributed by atoms with van der Waals surface area (Å²) >= 11 is 5.68. The molecule has 0 N–H and O–H groups in total. The molecule has 1 aliphatic rings. The zero-order valence-electron chi connectivity index (χ0n) is 15.5. The molecular formula is C20H20ClNO5S. The lowest BCUT2D eigenvalue weighted by atomic mass is 9.93. The third-order valence-corrected chi connectivity index (χ3v) is 6.66. The number of rotatable bonds is 6. The molecule has 3 rings (SSSR count). The Hall–Kier alpha value is -2.38. The smallest absolute Gasteiger partial charge is 0.310 e. The van der Waals surface area contributed by atoms with Gasteiger partial charge in [0.1, 0.15) is 17.5 Å². The van der Waals surface area contributed by atoms with Crippen LogP contribution in [-0.4, -0.2) is 30.6 Å². The topological polar surface area (TPSA) is 80.8 Å². The summed E-state index contributed by atoms with van der Waals surface area (Å²) in [6.07, 6.45) is -0.0928. The maximum atomic E-state index is 12.7. The molecule has 0 spiro atoms. The number of carbonyl (C=O) groups is 2. The van der Waals surface area contributed by atoms with E-state index >= 15 is 0 Å². The van der Waals surface area contributed by atoms with E-state index in [1.165, 1.54) is 6.07 Å². The summed E-state index contributed by atoms with van der Waals surface area (Å²) in [6, 6.07) is 11.9. The SMILES string of the molecule is CC(C)c1cc(CC(=O)OCc2ccccc2)cc2c1C(=O)N(CCl)S2(=O)=O. The second kappa shape index (κ2) is 7.93. The lowest BCUT2D eigenvalue weighted by molar-refractivity contribution is -0.144. The van der Waals surface area contributed by atoms with E-state index in [-0.39, 0.29) is 29.4 Å². The maximum Gasteiger partial charge on any atom is 0.310 e. The van der Waals surface area contributed by atoms with E-state index in [9.17, 15) is 18.0 Å². The summed E-state index contributed by atoms with van der Waals surface area (Å²) in [4.78, 5) is 24.7. The number of fused-ring (bicyclic) bond motifs is 1. The van der Waals surface area contributed by atoms with Gasteiger partial charge in [-0.1, -0.05) is 50.2 Å². The predicted octanol–water partition coefficient (Wildman–Crippen LogP) is 3.44. The van der Waals surface area contributed by atoms with Crippen LogP contribution in [0.3, 0.4) is 0 Å². The van der Waals surface area contributed by atoms with Gasteiger partial charge in [0.15, 0.2) is 0 Å². The van der Waals surface area contributed by atoms with Crippen molar-refractivity contribution < 1.29 is 22.7 Å². The average Bonchev–Trinajstić information content (AvgIpc) is 2.85. The van der Waals surface area contributed by atoms with Gasteiger partial charge in [-0.15, -0.1) is 11.6 Å².